The third-order valence-corrected chi connectivity index (χ3v) is 4.02. The molecule has 0 saturated heterocycles. The summed E-state index contributed by atoms with van der Waals surface area (Å²) in [5.74, 6) is 0.547. The number of hydrazone groups is 1. The number of nitrogens with zero attached hydrogens (tertiary/aromatic N) is 1. The van der Waals surface area contributed by atoms with E-state index in [2.05, 4.69) is 54.0 Å². The van der Waals surface area contributed by atoms with Crippen LogP contribution >= 0.6 is 12.2 Å². The monoisotopic (exact) mass is 303 g/mol. The van der Waals surface area contributed by atoms with Gasteiger partial charge >= 0.3 is 0 Å². The smallest absolute Gasteiger partial charge is 0.191 e. The predicted molar refractivity (Wildman–Crippen MR) is 95.0 cm³/mol. The van der Waals surface area contributed by atoms with E-state index in [4.69, 9.17) is 12.2 Å². The summed E-state index contributed by atoms with van der Waals surface area (Å²) in [7, 11) is 0. The van der Waals surface area contributed by atoms with Gasteiger partial charge < -0.3 is 5.32 Å². The molecule has 4 heteroatoms. The Morgan fingerprint density at radius 3 is 2.24 bits per heavy atom. The maximum Gasteiger partial charge on any atom is 0.191 e. The van der Waals surface area contributed by atoms with Gasteiger partial charge in [0.05, 0.1) is 0 Å². The highest BCUT2D eigenvalue weighted by molar-refractivity contribution is 7.80. The standard InChI is InChI=1S/C17H25N3S/c1-13(2)14-9-11-15(12-10-14)18-17(21)20-19-16-7-5-3-4-6-8-16/h9-13H,3-8H2,1-2H3,(H2,18,20,21). The number of rotatable bonds is 3. The van der Waals surface area contributed by atoms with Crippen molar-refractivity contribution in [2.24, 2.45) is 5.10 Å². The summed E-state index contributed by atoms with van der Waals surface area (Å²) >= 11 is 5.29. The van der Waals surface area contributed by atoms with Gasteiger partial charge in [0, 0.05) is 11.4 Å². The van der Waals surface area contributed by atoms with Gasteiger partial charge in [-0.1, -0.05) is 38.8 Å². The Morgan fingerprint density at radius 2 is 1.67 bits per heavy atom. The lowest BCUT2D eigenvalue weighted by Crippen LogP contribution is -2.25. The van der Waals surface area contributed by atoms with Crippen molar-refractivity contribution < 1.29 is 0 Å². The first-order chi connectivity index (χ1) is 10.1. The quantitative estimate of drug-likeness (QED) is 0.478. The molecule has 0 unspecified atom stereocenters. The van der Waals surface area contributed by atoms with E-state index in [1.807, 2.05) is 0 Å². The fourth-order valence-electron chi connectivity index (χ4n) is 2.49. The molecule has 1 saturated carbocycles. The topological polar surface area (TPSA) is 36.4 Å². The number of thiocarbonyl (C=S) groups is 1. The van der Waals surface area contributed by atoms with E-state index in [0.717, 1.165) is 18.5 Å². The van der Waals surface area contributed by atoms with Gasteiger partial charge in [0.2, 0.25) is 0 Å². The van der Waals surface area contributed by atoms with Crippen LogP contribution in [0.25, 0.3) is 0 Å². The zero-order valence-electron chi connectivity index (χ0n) is 13.0. The highest BCUT2D eigenvalue weighted by Gasteiger charge is 2.06. The van der Waals surface area contributed by atoms with Crippen LogP contribution in [0.15, 0.2) is 29.4 Å². The Bertz CT molecular complexity index is 481. The normalized spacial score (nSPS) is 15.5. The highest BCUT2D eigenvalue weighted by atomic mass is 32.1. The van der Waals surface area contributed by atoms with Gasteiger partial charge in [-0.2, -0.15) is 5.10 Å². The molecule has 0 aliphatic heterocycles. The predicted octanol–water partition coefficient (Wildman–Crippen LogP) is 4.81. The third kappa shape index (κ3) is 5.46. The van der Waals surface area contributed by atoms with Crippen molar-refractivity contribution in [3.05, 3.63) is 29.8 Å². The molecule has 1 fully saturated rings. The van der Waals surface area contributed by atoms with Gasteiger partial charge in [-0.3, -0.25) is 5.43 Å². The minimum absolute atomic E-state index is 0.547. The molecule has 1 aliphatic carbocycles. The van der Waals surface area contributed by atoms with E-state index >= 15 is 0 Å². The summed E-state index contributed by atoms with van der Waals surface area (Å²) < 4.78 is 0. The van der Waals surface area contributed by atoms with Crippen molar-refractivity contribution >= 4 is 28.7 Å². The fraction of sp³-hybridized carbons (Fsp3) is 0.529. The molecular weight excluding hydrogens is 278 g/mol. The molecule has 114 valence electrons. The molecule has 2 rings (SSSR count). The SMILES string of the molecule is CC(C)c1ccc(NC(=S)NN=C2CCCCCC2)cc1. The van der Waals surface area contributed by atoms with Crippen LogP contribution in [0.3, 0.4) is 0 Å². The average molecular weight is 303 g/mol. The molecule has 0 atom stereocenters. The number of hydrogen-bond acceptors (Lipinski definition) is 2. The van der Waals surface area contributed by atoms with E-state index in [-0.39, 0.29) is 0 Å². The second-order valence-electron chi connectivity index (χ2n) is 5.93. The number of hydrogen-bond donors (Lipinski definition) is 2. The van der Waals surface area contributed by atoms with Crippen LogP contribution in [0.5, 0.6) is 0 Å². The summed E-state index contributed by atoms with van der Waals surface area (Å²) in [6.07, 6.45) is 7.33. The molecule has 1 aliphatic rings. The van der Waals surface area contributed by atoms with E-state index in [1.165, 1.54) is 37.0 Å². The van der Waals surface area contributed by atoms with Gasteiger partial charge in [-0.05, 0) is 61.5 Å². The summed E-state index contributed by atoms with van der Waals surface area (Å²) in [6, 6.07) is 8.38. The van der Waals surface area contributed by atoms with Gasteiger partial charge in [-0.25, -0.2) is 0 Å². The molecule has 2 N–H and O–H groups in total. The lowest BCUT2D eigenvalue weighted by Gasteiger charge is -2.10. The van der Waals surface area contributed by atoms with Gasteiger partial charge in [0.15, 0.2) is 5.11 Å². The molecular formula is C17H25N3S. The van der Waals surface area contributed by atoms with E-state index in [1.54, 1.807) is 0 Å². The fourth-order valence-corrected chi connectivity index (χ4v) is 2.65. The first-order valence-corrected chi connectivity index (χ1v) is 8.28. The van der Waals surface area contributed by atoms with E-state index in [0.29, 0.717) is 11.0 Å². The van der Waals surface area contributed by atoms with Crippen LogP contribution in [0.2, 0.25) is 0 Å². The minimum Gasteiger partial charge on any atom is -0.331 e. The van der Waals surface area contributed by atoms with Crippen LogP contribution in [0, 0.1) is 0 Å². The molecule has 0 bridgehead atoms. The summed E-state index contributed by atoms with van der Waals surface area (Å²) in [5, 5.41) is 8.18. The van der Waals surface area contributed by atoms with Crippen LogP contribution in [0.1, 0.15) is 63.9 Å². The Kier molecular flexibility index (Phi) is 6.18. The molecule has 1 aromatic carbocycles. The van der Waals surface area contributed by atoms with Gasteiger partial charge in [0.1, 0.15) is 0 Å². The molecule has 3 nitrogen and oxygen atoms in total. The average Bonchev–Trinajstić information content (AvgIpc) is 2.74. The van der Waals surface area contributed by atoms with E-state index in [9.17, 15) is 0 Å². The number of anilines is 1. The first-order valence-electron chi connectivity index (χ1n) is 7.87. The van der Waals surface area contributed by atoms with E-state index < -0.39 is 0 Å². The van der Waals surface area contributed by atoms with Crippen molar-refractivity contribution in [3.8, 4) is 0 Å². The first kappa shape index (κ1) is 16.0. The molecule has 0 amide bonds. The highest BCUT2D eigenvalue weighted by Crippen LogP contribution is 2.17. The van der Waals surface area contributed by atoms with Crippen molar-refractivity contribution in [2.75, 3.05) is 5.32 Å². The number of nitrogens with one attached hydrogen (secondary N) is 2. The molecule has 0 spiro atoms. The Hall–Kier alpha value is -1.42. The van der Waals surface area contributed by atoms with Crippen molar-refractivity contribution in [2.45, 2.75) is 58.3 Å². The second-order valence-corrected chi connectivity index (χ2v) is 6.34. The lowest BCUT2D eigenvalue weighted by molar-refractivity contribution is 0.702. The van der Waals surface area contributed by atoms with Crippen LogP contribution in [0.4, 0.5) is 5.69 Å². The summed E-state index contributed by atoms with van der Waals surface area (Å²) in [4.78, 5) is 0. The Balaban J connectivity index is 1.84. The van der Waals surface area contributed by atoms with Crippen LogP contribution in [-0.2, 0) is 0 Å². The Labute approximate surface area is 133 Å². The van der Waals surface area contributed by atoms with Gasteiger partial charge in [-0.15, -0.1) is 0 Å². The Morgan fingerprint density at radius 1 is 1.05 bits per heavy atom. The van der Waals surface area contributed by atoms with Crippen molar-refractivity contribution in [3.63, 3.8) is 0 Å². The molecule has 1 aromatic rings. The second kappa shape index (κ2) is 8.13. The largest absolute Gasteiger partial charge is 0.331 e. The third-order valence-electron chi connectivity index (χ3n) is 3.83. The van der Waals surface area contributed by atoms with Crippen LogP contribution in [-0.4, -0.2) is 10.8 Å². The lowest BCUT2D eigenvalue weighted by atomic mass is 10.0. The molecule has 0 radical (unpaired) electrons. The number of benzene rings is 1. The van der Waals surface area contributed by atoms with Crippen molar-refractivity contribution in [1.29, 1.82) is 0 Å². The molecule has 0 heterocycles. The minimum atomic E-state index is 0.547. The summed E-state index contributed by atoms with van der Waals surface area (Å²) in [5.41, 5.74) is 6.55. The maximum atomic E-state index is 5.29. The maximum absolute atomic E-state index is 5.29. The van der Waals surface area contributed by atoms with Crippen molar-refractivity contribution in [1.82, 2.24) is 5.43 Å². The molecule has 21 heavy (non-hydrogen) atoms. The molecule has 0 aromatic heterocycles. The zero-order valence-corrected chi connectivity index (χ0v) is 13.8. The zero-order chi connectivity index (χ0) is 15.1. The van der Waals surface area contributed by atoms with Crippen LogP contribution < -0.4 is 10.7 Å². The summed E-state index contributed by atoms with van der Waals surface area (Å²) in [6.45, 7) is 4.38. The van der Waals surface area contributed by atoms with Gasteiger partial charge in [0.25, 0.3) is 0 Å².